The molecule has 0 saturated heterocycles. The first-order valence-electron chi connectivity index (χ1n) is 6.90. The van der Waals surface area contributed by atoms with Gasteiger partial charge in [0.1, 0.15) is 5.82 Å². The van der Waals surface area contributed by atoms with E-state index >= 15 is 0 Å². The number of anilines is 2. The Labute approximate surface area is 128 Å². The molecule has 1 aromatic carbocycles. The topological polar surface area (TPSA) is 67.2 Å². The van der Waals surface area contributed by atoms with Crippen molar-refractivity contribution in [3.8, 4) is 0 Å². The molecule has 3 rings (SSSR count). The maximum atomic E-state index is 11.8. The molecular weight excluding hydrogens is 278 g/mol. The van der Waals surface area contributed by atoms with Crippen LogP contribution in [0.3, 0.4) is 0 Å². The molecule has 5 nitrogen and oxygen atoms in total. The van der Waals surface area contributed by atoms with Gasteiger partial charge in [0.15, 0.2) is 5.76 Å². The van der Waals surface area contributed by atoms with Crippen LogP contribution in [0.15, 0.2) is 71.5 Å². The minimum Gasteiger partial charge on any atom is -0.459 e. The number of carbonyl (C=O) groups excluding carboxylic acids is 1. The van der Waals surface area contributed by atoms with E-state index in [0.717, 1.165) is 5.82 Å². The van der Waals surface area contributed by atoms with Crippen LogP contribution in [0.1, 0.15) is 16.1 Å². The van der Waals surface area contributed by atoms with Crippen LogP contribution in [-0.2, 0) is 6.54 Å². The molecule has 5 heteroatoms. The number of benzene rings is 1. The van der Waals surface area contributed by atoms with E-state index in [4.69, 9.17) is 4.42 Å². The number of amides is 1. The fourth-order valence-electron chi connectivity index (χ4n) is 1.96. The first kappa shape index (κ1) is 13.9. The van der Waals surface area contributed by atoms with Crippen LogP contribution in [0.4, 0.5) is 11.5 Å². The van der Waals surface area contributed by atoms with Crippen molar-refractivity contribution < 1.29 is 9.21 Å². The van der Waals surface area contributed by atoms with Crippen LogP contribution >= 0.6 is 0 Å². The van der Waals surface area contributed by atoms with E-state index in [1.54, 1.807) is 24.4 Å². The van der Waals surface area contributed by atoms with E-state index in [2.05, 4.69) is 15.6 Å². The van der Waals surface area contributed by atoms with Gasteiger partial charge in [-0.3, -0.25) is 4.79 Å². The lowest BCUT2D eigenvalue weighted by Crippen LogP contribution is -2.11. The van der Waals surface area contributed by atoms with Gasteiger partial charge in [0.25, 0.3) is 5.91 Å². The zero-order valence-corrected chi connectivity index (χ0v) is 11.8. The van der Waals surface area contributed by atoms with Gasteiger partial charge in [0.05, 0.1) is 18.1 Å². The van der Waals surface area contributed by atoms with Gasteiger partial charge in [-0.2, -0.15) is 0 Å². The number of furan rings is 1. The highest BCUT2D eigenvalue weighted by atomic mass is 16.3. The third-order valence-electron chi connectivity index (χ3n) is 3.08. The number of aromatic nitrogens is 1. The zero-order valence-electron chi connectivity index (χ0n) is 11.8. The predicted octanol–water partition coefficient (Wildman–Crippen LogP) is 3.54. The molecule has 0 aliphatic heterocycles. The number of carbonyl (C=O) groups is 1. The van der Waals surface area contributed by atoms with Crippen LogP contribution in [0, 0.1) is 0 Å². The van der Waals surface area contributed by atoms with Crippen molar-refractivity contribution in [1.29, 1.82) is 0 Å². The maximum Gasteiger partial charge on any atom is 0.291 e. The quantitative estimate of drug-likeness (QED) is 0.755. The Kier molecular flexibility index (Phi) is 4.15. The Morgan fingerprint density at radius 1 is 1.05 bits per heavy atom. The second-order valence-corrected chi connectivity index (χ2v) is 4.70. The monoisotopic (exact) mass is 293 g/mol. The smallest absolute Gasteiger partial charge is 0.291 e. The Morgan fingerprint density at radius 3 is 2.59 bits per heavy atom. The molecule has 22 heavy (non-hydrogen) atoms. The van der Waals surface area contributed by atoms with Gasteiger partial charge in [0, 0.05) is 6.54 Å². The zero-order chi connectivity index (χ0) is 15.2. The molecule has 1 amide bonds. The Morgan fingerprint density at radius 2 is 1.91 bits per heavy atom. The van der Waals surface area contributed by atoms with Gasteiger partial charge < -0.3 is 15.1 Å². The summed E-state index contributed by atoms with van der Waals surface area (Å²) < 4.78 is 5.03. The van der Waals surface area contributed by atoms with E-state index in [1.807, 2.05) is 36.4 Å². The van der Waals surface area contributed by atoms with E-state index in [-0.39, 0.29) is 11.7 Å². The Bertz CT molecular complexity index is 722. The summed E-state index contributed by atoms with van der Waals surface area (Å²) in [5.41, 5.74) is 1.80. The SMILES string of the molecule is O=C(Nc1ccc(NCc2ccccc2)nc1)c1ccco1. The molecule has 0 atom stereocenters. The number of hydrogen-bond acceptors (Lipinski definition) is 4. The number of nitrogens with zero attached hydrogens (tertiary/aromatic N) is 1. The van der Waals surface area contributed by atoms with Gasteiger partial charge in [-0.05, 0) is 29.8 Å². The second kappa shape index (κ2) is 6.58. The van der Waals surface area contributed by atoms with Gasteiger partial charge in [-0.15, -0.1) is 0 Å². The highest BCUT2D eigenvalue weighted by Gasteiger charge is 2.08. The van der Waals surface area contributed by atoms with Crippen LogP contribution in [0.5, 0.6) is 0 Å². The molecule has 0 bridgehead atoms. The first-order valence-corrected chi connectivity index (χ1v) is 6.90. The number of hydrogen-bond donors (Lipinski definition) is 2. The molecule has 2 N–H and O–H groups in total. The molecule has 2 aromatic heterocycles. The third-order valence-corrected chi connectivity index (χ3v) is 3.08. The minimum atomic E-state index is -0.295. The summed E-state index contributed by atoms with van der Waals surface area (Å²) in [7, 11) is 0. The van der Waals surface area contributed by atoms with E-state index in [1.165, 1.54) is 11.8 Å². The second-order valence-electron chi connectivity index (χ2n) is 4.70. The molecule has 0 saturated carbocycles. The van der Waals surface area contributed by atoms with Crippen molar-refractivity contribution in [2.75, 3.05) is 10.6 Å². The maximum absolute atomic E-state index is 11.8. The van der Waals surface area contributed by atoms with Gasteiger partial charge in [0.2, 0.25) is 0 Å². The van der Waals surface area contributed by atoms with Gasteiger partial charge in [-0.1, -0.05) is 30.3 Å². The highest BCUT2D eigenvalue weighted by Crippen LogP contribution is 2.12. The first-order chi connectivity index (χ1) is 10.8. The van der Waals surface area contributed by atoms with Crippen molar-refractivity contribution in [2.24, 2.45) is 0 Å². The summed E-state index contributed by atoms with van der Waals surface area (Å²) in [5.74, 6) is 0.725. The minimum absolute atomic E-state index is 0.270. The number of pyridine rings is 1. The molecule has 0 fully saturated rings. The standard InChI is InChI=1S/C17H15N3O2/c21-17(15-7-4-10-22-15)20-14-8-9-16(19-12-14)18-11-13-5-2-1-3-6-13/h1-10,12H,11H2,(H,18,19)(H,20,21). The Hall–Kier alpha value is -3.08. The van der Waals surface area contributed by atoms with E-state index in [9.17, 15) is 4.79 Å². The number of nitrogens with one attached hydrogen (secondary N) is 2. The van der Waals surface area contributed by atoms with Crippen molar-refractivity contribution in [1.82, 2.24) is 4.98 Å². The van der Waals surface area contributed by atoms with Crippen molar-refractivity contribution in [3.63, 3.8) is 0 Å². The molecule has 0 aliphatic carbocycles. The fourth-order valence-corrected chi connectivity index (χ4v) is 1.96. The summed E-state index contributed by atoms with van der Waals surface area (Å²) in [6.45, 7) is 0.700. The Balaban J connectivity index is 1.57. The molecule has 0 aliphatic rings. The molecule has 0 spiro atoms. The van der Waals surface area contributed by atoms with Crippen molar-refractivity contribution >= 4 is 17.4 Å². The average molecular weight is 293 g/mol. The summed E-state index contributed by atoms with van der Waals surface area (Å²) in [4.78, 5) is 16.1. The van der Waals surface area contributed by atoms with Crippen LogP contribution in [0.2, 0.25) is 0 Å². The normalized spacial score (nSPS) is 10.2. The molecular formula is C17H15N3O2. The largest absolute Gasteiger partial charge is 0.459 e. The van der Waals surface area contributed by atoms with Crippen molar-refractivity contribution in [3.05, 3.63) is 78.4 Å². The lowest BCUT2D eigenvalue weighted by Gasteiger charge is -2.07. The molecule has 3 aromatic rings. The van der Waals surface area contributed by atoms with Crippen LogP contribution in [0.25, 0.3) is 0 Å². The molecule has 0 unspecified atom stereocenters. The van der Waals surface area contributed by atoms with Crippen molar-refractivity contribution in [2.45, 2.75) is 6.54 Å². The summed E-state index contributed by atoms with van der Waals surface area (Å²) in [5, 5.41) is 5.95. The third kappa shape index (κ3) is 3.52. The lowest BCUT2D eigenvalue weighted by atomic mass is 10.2. The lowest BCUT2D eigenvalue weighted by molar-refractivity contribution is 0.0996. The van der Waals surface area contributed by atoms with E-state index in [0.29, 0.717) is 12.2 Å². The predicted molar refractivity (Wildman–Crippen MR) is 84.7 cm³/mol. The average Bonchev–Trinajstić information content (AvgIpc) is 3.10. The summed E-state index contributed by atoms with van der Waals surface area (Å²) in [6, 6.07) is 17.0. The van der Waals surface area contributed by atoms with Gasteiger partial charge in [-0.25, -0.2) is 4.98 Å². The fraction of sp³-hybridized carbons (Fsp3) is 0.0588. The molecule has 0 radical (unpaired) electrons. The van der Waals surface area contributed by atoms with E-state index < -0.39 is 0 Å². The van der Waals surface area contributed by atoms with Crippen LogP contribution < -0.4 is 10.6 Å². The van der Waals surface area contributed by atoms with Crippen LogP contribution in [-0.4, -0.2) is 10.9 Å². The van der Waals surface area contributed by atoms with Gasteiger partial charge >= 0.3 is 0 Å². The summed E-state index contributed by atoms with van der Waals surface area (Å²) >= 11 is 0. The highest BCUT2D eigenvalue weighted by molar-refractivity contribution is 6.02. The molecule has 2 heterocycles. The molecule has 110 valence electrons. The summed E-state index contributed by atoms with van der Waals surface area (Å²) in [6.07, 6.45) is 3.07. The number of rotatable bonds is 5.